The van der Waals surface area contributed by atoms with E-state index in [0.29, 0.717) is 12.0 Å². The Hall–Kier alpha value is -2.86. The molecule has 0 aliphatic carbocycles. The lowest BCUT2D eigenvalue weighted by molar-refractivity contribution is -0.120. The maximum absolute atomic E-state index is 12.0. The van der Waals surface area contributed by atoms with Crippen LogP contribution in [0.15, 0.2) is 48.5 Å². The van der Waals surface area contributed by atoms with Gasteiger partial charge >= 0.3 is 5.97 Å². The molecule has 0 spiro atoms. The summed E-state index contributed by atoms with van der Waals surface area (Å²) in [5.74, 6) is -0.557. The van der Waals surface area contributed by atoms with Crippen LogP contribution in [0.4, 0.5) is 0 Å². The van der Waals surface area contributed by atoms with Crippen LogP contribution >= 0.6 is 0 Å². The second kappa shape index (κ2) is 8.12. The van der Waals surface area contributed by atoms with Gasteiger partial charge in [0, 0.05) is 6.42 Å². The summed E-state index contributed by atoms with van der Waals surface area (Å²) >= 11 is 0. The van der Waals surface area contributed by atoms with E-state index in [4.69, 9.17) is 15.6 Å². The topological polar surface area (TPSA) is 110 Å². The van der Waals surface area contributed by atoms with Gasteiger partial charge < -0.3 is 20.7 Å². The van der Waals surface area contributed by atoms with Crippen LogP contribution in [0.2, 0.25) is 0 Å². The molecule has 0 unspecified atom stereocenters. The number of phenols is 2. The van der Waals surface area contributed by atoms with E-state index in [2.05, 4.69) is 0 Å². The summed E-state index contributed by atoms with van der Waals surface area (Å²) in [7, 11) is 0. The van der Waals surface area contributed by atoms with Crippen LogP contribution in [-0.2, 0) is 16.0 Å². The summed E-state index contributed by atoms with van der Waals surface area (Å²) < 4.78 is 5.02. The number of phenolic OH excluding ortho intramolecular Hbond substituents is 2. The molecule has 2 aromatic carbocycles. The predicted octanol–water partition coefficient (Wildman–Crippen LogP) is 1.78. The molecule has 0 heterocycles. The van der Waals surface area contributed by atoms with Gasteiger partial charge in [-0.3, -0.25) is 4.79 Å². The molecule has 0 aromatic heterocycles. The highest BCUT2D eigenvalue weighted by molar-refractivity contribution is 5.90. The van der Waals surface area contributed by atoms with Crippen LogP contribution < -0.4 is 5.73 Å². The van der Waals surface area contributed by atoms with Crippen molar-refractivity contribution in [3.05, 3.63) is 59.7 Å². The third-order valence-corrected chi connectivity index (χ3v) is 3.49. The maximum Gasteiger partial charge on any atom is 0.338 e. The van der Waals surface area contributed by atoms with Crippen molar-refractivity contribution in [1.82, 2.24) is 0 Å². The summed E-state index contributed by atoms with van der Waals surface area (Å²) in [6.07, 6.45) is 0.383. The normalized spacial score (nSPS) is 11.7. The third kappa shape index (κ3) is 5.10. The van der Waals surface area contributed by atoms with Crippen molar-refractivity contribution >= 4 is 11.8 Å². The molecular formula is C18H19NO5. The number of rotatable bonds is 7. The van der Waals surface area contributed by atoms with Crippen LogP contribution in [0.1, 0.15) is 22.3 Å². The minimum absolute atomic E-state index is 0.0308. The lowest BCUT2D eigenvalue weighted by Crippen LogP contribution is -2.33. The van der Waals surface area contributed by atoms with Gasteiger partial charge in [-0.15, -0.1) is 0 Å². The fourth-order valence-corrected chi connectivity index (χ4v) is 2.11. The summed E-state index contributed by atoms with van der Waals surface area (Å²) in [5.41, 5.74) is 6.99. The fourth-order valence-electron chi connectivity index (χ4n) is 2.11. The number of aromatic hydroxyl groups is 2. The Morgan fingerprint density at radius 2 is 1.50 bits per heavy atom. The second-order valence-corrected chi connectivity index (χ2v) is 5.38. The zero-order valence-corrected chi connectivity index (χ0v) is 13.0. The Morgan fingerprint density at radius 1 is 0.958 bits per heavy atom. The van der Waals surface area contributed by atoms with E-state index in [1.54, 1.807) is 12.1 Å². The van der Waals surface area contributed by atoms with Crippen LogP contribution in [-0.4, -0.2) is 34.6 Å². The van der Waals surface area contributed by atoms with Gasteiger partial charge in [0.2, 0.25) is 0 Å². The molecule has 0 fully saturated rings. The first kappa shape index (κ1) is 17.5. The number of carbonyl (C=O) groups excluding carboxylic acids is 2. The van der Waals surface area contributed by atoms with E-state index < -0.39 is 12.0 Å². The van der Waals surface area contributed by atoms with Crippen molar-refractivity contribution in [3.8, 4) is 11.5 Å². The van der Waals surface area contributed by atoms with Crippen LogP contribution in [0.5, 0.6) is 11.5 Å². The average molecular weight is 329 g/mol. The van der Waals surface area contributed by atoms with Gasteiger partial charge in [0.15, 0.2) is 5.78 Å². The molecule has 2 aromatic rings. The smallest absolute Gasteiger partial charge is 0.338 e. The van der Waals surface area contributed by atoms with Crippen LogP contribution in [0.25, 0.3) is 0 Å². The summed E-state index contributed by atoms with van der Waals surface area (Å²) in [6, 6.07) is 11.4. The van der Waals surface area contributed by atoms with Gasteiger partial charge in [-0.05, 0) is 48.4 Å². The van der Waals surface area contributed by atoms with Crippen molar-refractivity contribution in [2.45, 2.75) is 18.9 Å². The number of benzene rings is 2. The molecule has 1 atom stereocenters. The number of hydrogen-bond acceptors (Lipinski definition) is 6. The molecule has 0 aliphatic rings. The molecule has 0 aliphatic heterocycles. The van der Waals surface area contributed by atoms with E-state index in [-0.39, 0.29) is 30.3 Å². The average Bonchev–Trinajstić information content (AvgIpc) is 2.57. The minimum atomic E-state index is -0.693. The van der Waals surface area contributed by atoms with E-state index in [1.807, 2.05) is 0 Å². The first-order valence-corrected chi connectivity index (χ1v) is 7.48. The minimum Gasteiger partial charge on any atom is -0.508 e. The van der Waals surface area contributed by atoms with E-state index in [0.717, 1.165) is 5.56 Å². The number of hydrogen-bond donors (Lipinski definition) is 3. The Balaban J connectivity index is 1.76. The summed E-state index contributed by atoms with van der Waals surface area (Å²) in [5, 5.41) is 18.4. The SMILES string of the molecule is N[C@@H](Cc1ccc(O)cc1)C(=O)CCOC(=O)c1ccc(O)cc1. The van der Waals surface area contributed by atoms with Crippen molar-refractivity contribution in [2.75, 3.05) is 6.61 Å². The van der Waals surface area contributed by atoms with E-state index in [1.165, 1.54) is 36.4 Å². The first-order valence-electron chi connectivity index (χ1n) is 7.48. The van der Waals surface area contributed by atoms with Gasteiger partial charge in [-0.1, -0.05) is 12.1 Å². The van der Waals surface area contributed by atoms with Crippen molar-refractivity contribution in [1.29, 1.82) is 0 Å². The summed E-state index contributed by atoms with van der Waals surface area (Å²) in [6.45, 7) is -0.0537. The molecular weight excluding hydrogens is 310 g/mol. The van der Waals surface area contributed by atoms with Crippen LogP contribution in [0, 0.1) is 0 Å². The molecule has 4 N–H and O–H groups in total. The lowest BCUT2D eigenvalue weighted by atomic mass is 10.0. The number of nitrogens with two attached hydrogens (primary N) is 1. The molecule has 0 amide bonds. The van der Waals surface area contributed by atoms with Gasteiger partial charge in [0.1, 0.15) is 11.5 Å². The zero-order valence-electron chi connectivity index (χ0n) is 13.0. The Morgan fingerprint density at radius 3 is 2.08 bits per heavy atom. The van der Waals surface area contributed by atoms with E-state index in [9.17, 15) is 14.7 Å². The van der Waals surface area contributed by atoms with Crippen molar-refractivity contribution in [3.63, 3.8) is 0 Å². The molecule has 24 heavy (non-hydrogen) atoms. The van der Waals surface area contributed by atoms with Gasteiger partial charge in [-0.25, -0.2) is 4.79 Å². The molecule has 6 nitrogen and oxygen atoms in total. The van der Waals surface area contributed by atoms with E-state index >= 15 is 0 Å². The first-order chi connectivity index (χ1) is 11.5. The second-order valence-electron chi connectivity index (χ2n) is 5.38. The number of esters is 1. The third-order valence-electron chi connectivity index (χ3n) is 3.49. The zero-order chi connectivity index (χ0) is 17.5. The Labute approximate surface area is 139 Å². The van der Waals surface area contributed by atoms with Gasteiger partial charge in [0.05, 0.1) is 18.2 Å². The van der Waals surface area contributed by atoms with Gasteiger partial charge in [0.25, 0.3) is 0 Å². The molecule has 0 saturated carbocycles. The molecule has 0 bridgehead atoms. The highest BCUT2D eigenvalue weighted by atomic mass is 16.5. The Bertz CT molecular complexity index is 694. The van der Waals surface area contributed by atoms with Crippen molar-refractivity contribution < 1.29 is 24.5 Å². The predicted molar refractivity (Wildman–Crippen MR) is 87.8 cm³/mol. The Kier molecular flexibility index (Phi) is 5.92. The maximum atomic E-state index is 12.0. The standard InChI is InChI=1S/C18H19NO5/c19-16(11-12-1-5-14(20)6-2-12)17(22)9-10-24-18(23)13-3-7-15(21)8-4-13/h1-8,16,20-21H,9-11,19H2/t16-/m0/s1. The molecule has 0 saturated heterocycles. The summed E-state index contributed by atoms with van der Waals surface area (Å²) in [4.78, 5) is 23.7. The largest absolute Gasteiger partial charge is 0.508 e. The fraction of sp³-hybridized carbons (Fsp3) is 0.222. The molecule has 0 radical (unpaired) electrons. The number of ether oxygens (including phenoxy) is 1. The number of ketones is 1. The van der Waals surface area contributed by atoms with Crippen molar-refractivity contribution in [2.24, 2.45) is 5.73 Å². The molecule has 126 valence electrons. The molecule has 2 rings (SSSR count). The quantitative estimate of drug-likeness (QED) is 0.668. The van der Waals surface area contributed by atoms with Gasteiger partial charge in [-0.2, -0.15) is 0 Å². The van der Waals surface area contributed by atoms with Crippen LogP contribution in [0.3, 0.4) is 0 Å². The monoisotopic (exact) mass is 329 g/mol. The number of carbonyl (C=O) groups is 2. The highest BCUT2D eigenvalue weighted by Gasteiger charge is 2.15. The lowest BCUT2D eigenvalue weighted by Gasteiger charge is -2.11. The molecule has 6 heteroatoms. The number of Topliss-reactive ketones (excluding diaryl/α,β-unsaturated/α-hetero) is 1. The highest BCUT2D eigenvalue weighted by Crippen LogP contribution is 2.12.